The van der Waals surface area contributed by atoms with E-state index < -0.39 is 63.7 Å². The first-order valence-corrected chi connectivity index (χ1v) is 21.8. The highest BCUT2D eigenvalue weighted by Crippen LogP contribution is 2.34. The molecule has 0 atom stereocenters. The first-order valence-electron chi connectivity index (χ1n) is 21.8. The zero-order valence-corrected chi connectivity index (χ0v) is 38.6. The minimum Gasteiger partial charge on any atom is -0.504 e. The van der Waals surface area contributed by atoms with E-state index in [-0.39, 0.29) is 24.0 Å². The molecule has 0 aromatic rings. The van der Waals surface area contributed by atoms with Crippen molar-refractivity contribution in [1.82, 2.24) is 0 Å². The maximum atomic E-state index is 13.2. The molecule has 2 aliphatic carbocycles. The number of aliphatic hydroxyl groups excluding tert-OH is 4. The first kappa shape index (κ1) is 51.9. The van der Waals surface area contributed by atoms with E-state index in [1.807, 2.05) is 13.8 Å². The van der Waals surface area contributed by atoms with Gasteiger partial charge in [-0.25, -0.2) is 0 Å². The average Bonchev–Trinajstić information content (AvgIpc) is 3.18. The van der Waals surface area contributed by atoms with Crippen molar-refractivity contribution >= 4 is 23.1 Å². The third-order valence-corrected chi connectivity index (χ3v) is 11.1. The van der Waals surface area contributed by atoms with Crippen molar-refractivity contribution in [1.29, 1.82) is 0 Å². The van der Waals surface area contributed by atoms with Crippen LogP contribution in [0, 0.1) is 0 Å². The molecule has 332 valence electrons. The zero-order chi connectivity index (χ0) is 45.8. The van der Waals surface area contributed by atoms with Crippen molar-refractivity contribution in [2.75, 3.05) is 0 Å². The van der Waals surface area contributed by atoms with E-state index in [1.165, 1.54) is 33.4 Å². The fourth-order valence-electron chi connectivity index (χ4n) is 6.96. The third-order valence-electron chi connectivity index (χ3n) is 11.1. The Morgan fingerprint density at radius 3 is 0.803 bits per heavy atom. The number of carbonyl (C=O) groups is 4. The van der Waals surface area contributed by atoms with Crippen molar-refractivity contribution in [3.8, 4) is 0 Å². The topological polar surface area (TPSA) is 149 Å². The molecule has 8 nitrogen and oxygen atoms in total. The summed E-state index contributed by atoms with van der Waals surface area (Å²) in [7, 11) is 0. The Labute approximate surface area is 365 Å². The number of ketones is 4. The van der Waals surface area contributed by atoms with E-state index in [9.17, 15) is 39.6 Å². The van der Waals surface area contributed by atoms with Gasteiger partial charge in [-0.15, -0.1) is 0 Å². The summed E-state index contributed by atoms with van der Waals surface area (Å²) in [5.41, 5.74) is 7.99. The Bertz CT molecular complexity index is 1900. The first-order chi connectivity index (χ1) is 28.7. The van der Waals surface area contributed by atoms with Gasteiger partial charge in [0.25, 0.3) is 0 Å². The fraction of sp³-hybridized carbons (Fsp3) is 0.472. The standard InChI is InChI=1S/C53H72O8/c1-34(2)17-11-19-36(5)21-13-23-38(7)25-15-27-40(9)29-31-42-46(54)50(58)44(51(59)47(42)55)33-45-52(60)48(56)43(49(57)53(45)61)32-30-41(10)28-16-26-39(8)24-14-22-37(6)20-12-18-35(3)4/h17-18,21-22,25-26,29-30,54,56,59,61H,11-16,19-20,23-24,27-28,31-33H2,1-10H3. The van der Waals surface area contributed by atoms with Gasteiger partial charge in [0.2, 0.25) is 23.1 Å². The number of allylic oxidation sites excluding steroid dienone is 20. The van der Waals surface area contributed by atoms with Crippen molar-refractivity contribution in [2.45, 2.75) is 166 Å². The molecule has 4 N–H and O–H groups in total. The summed E-state index contributed by atoms with van der Waals surface area (Å²) in [6, 6.07) is 0. The van der Waals surface area contributed by atoms with Crippen molar-refractivity contribution in [3.05, 3.63) is 139 Å². The van der Waals surface area contributed by atoms with Crippen LogP contribution in [0.4, 0.5) is 0 Å². The Morgan fingerprint density at radius 2 is 0.541 bits per heavy atom. The van der Waals surface area contributed by atoms with Gasteiger partial charge >= 0.3 is 0 Å². The normalized spacial score (nSPS) is 16.8. The fourth-order valence-corrected chi connectivity index (χ4v) is 6.96. The second kappa shape index (κ2) is 26.2. The van der Waals surface area contributed by atoms with E-state index in [2.05, 4.69) is 91.8 Å². The zero-order valence-electron chi connectivity index (χ0n) is 38.6. The summed E-state index contributed by atoms with van der Waals surface area (Å²) in [4.78, 5) is 52.8. The maximum Gasteiger partial charge on any atom is 0.227 e. The molecule has 0 aromatic heterocycles. The summed E-state index contributed by atoms with van der Waals surface area (Å²) < 4.78 is 0. The predicted molar refractivity (Wildman–Crippen MR) is 249 cm³/mol. The summed E-state index contributed by atoms with van der Waals surface area (Å²) in [5.74, 6) is -7.90. The van der Waals surface area contributed by atoms with E-state index in [4.69, 9.17) is 0 Å². The SMILES string of the molecule is CC(C)=CCCC(C)=CCCC(C)=CCCC(C)=CCC1=C(O)C(=O)C(CC2=C(O)C(=O)C(CC=C(C)CCC=C(C)CCC=C(C)CCC=C(C)C)=C(O)C2=O)=C(O)C1=O. The summed E-state index contributed by atoms with van der Waals surface area (Å²) in [6.07, 6.45) is 26.9. The molecule has 8 heteroatoms. The molecule has 0 unspecified atom stereocenters. The van der Waals surface area contributed by atoms with Crippen LogP contribution >= 0.6 is 0 Å². The van der Waals surface area contributed by atoms with Crippen molar-refractivity contribution in [3.63, 3.8) is 0 Å². The van der Waals surface area contributed by atoms with Crippen LogP contribution in [0.25, 0.3) is 0 Å². The van der Waals surface area contributed by atoms with Crippen LogP contribution in [-0.4, -0.2) is 43.6 Å². The molecule has 0 saturated carbocycles. The minimum absolute atomic E-state index is 0.102. The molecule has 2 rings (SSSR count). The average molecular weight is 837 g/mol. The molecule has 0 aliphatic heterocycles. The van der Waals surface area contributed by atoms with Gasteiger partial charge in [0.15, 0.2) is 23.0 Å². The highest BCUT2D eigenvalue weighted by Gasteiger charge is 2.39. The highest BCUT2D eigenvalue weighted by molar-refractivity contribution is 6.26. The number of Topliss-reactive ketones (excluding diaryl/α,β-unsaturated/α-hetero) is 4. The summed E-state index contributed by atoms with van der Waals surface area (Å²) in [5, 5.41) is 43.2. The molecule has 0 saturated heterocycles. The molecular weight excluding hydrogens is 765 g/mol. The van der Waals surface area contributed by atoms with Crippen LogP contribution in [0.3, 0.4) is 0 Å². The Morgan fingerprint density at radius 1 is 0.328 bits per heavy atom. The monoisotopic (exact) mass is 837 g/mol. The van der Waals surface area contributed by atoms with Gasteiger partial charge in [0.05, 0.1) is 22.3 Å². The van der Waals surface area contributed by atoms with Gasteiger partial charge in [0.1, 0.15) is 0 Å². The summed E-state index contributed by atoms with van der Waals surface area (Å²) >= 11 is 0. The molecule has 0 fully saturated rings. The predicted octanol–water partition coefficient (Wildman–Crippen LogP) is 14.0. The van der Waals surface area contributed by atoms with E-state index >= 15 is 0 Å². The second-order valence-corrected chi connectivity index (χ2v) is 17.3. The lowest BCUT2D eigenvalue weighted by molar-refractivity contribution is -0.121. The number of hydrogen-bond donors (Lipinski definition) is 4. The Hall–Kier alpha value is -5.24. The van der Waals surface area contributed by atoms with Crippen LogP contribution < -0.4 is 0 Å². The molecule has 0 spiro atoms. The van der Waals surface area contributed by atoms with Gasteiger partial charge in [-0.2, -0.15) is 0 Å². The van der Waals surface area contributed by atoms with Gasteiger partial charge in [0, 0.05) is 6.42 Å². The molecule has 0 amide bonds. The molecule has 0 heterocycles. The molecule has 0 radical (unpaired) electrons. The van der Waals surface area contributed by atoms with Gasteiger partial charge in [-0.1, -0.05) is 93.2 Å². The van der Waals surface area contributed by atoms with Gasteiger partial charge in [-0.05, 0) is 159 Å². The number of aliphatic hydroxyl groups is 4. The van der Waals surface area contributed by atoms with Crippen LogP contribution in [-0.2, 0) is 19.2 Å². The Balaban J connectivity index is 1.99. The van der Waals surface area contributed by atoms with Crippen LogP contribution in [0.15, 0.2) is 139 Å². The Kier molecular flexibility index (Phi) is 22.3. The number of carbonyl (C=O) groups excluding carboxylic acids is 4. The molecule has 2 aliphatic rings. The largest absolute Gasteiger partial charge is 0.504 e. The highest BCUT2D eigenvalue weighted by atomic mass is 16.3. The quantitative estimate of drug-likeness (QED) is 0.0554. The number of rotatable bonds is 24. The van der Waals surface area contributed by atoms with E-state index in [1.54, 1.807) is 12.2 Å². The van der Waals surface area contributed by atoms with Gasteiger partial charge < -0.3 is 20.4 Å². The van der Waals surface area contributed by atoms with E-state index in [0.29, 0.717) is 12.8 Å². The minimum atomic E-state index is -1.10. The van der Waals surface area contributed by atoms with Crippen LogP contribution in [0.5, 0.6) is 0 Å². The molecular formula is C53H72O8. The lowest BCUT2D eigenvalue weighted by Gasteiger charge is -2.21. The second-order valence-electron chi connectivity index (χ2n) is 17.3. The van der Waals surface area contributed by atoms with Gasteiger partial charge in [-0.3, -0.25) is 19.2 Å². The van der Waals surface area contributed by atoms with E-state index in [0.717, 1.165) is 75.4 Å². The van der Waals surface area contributed by atoms with Crippen LogP contribution in [0.2, 0.25) is 0 Å². The molecule has 0 bridgehead atoms. The molecule has 0 aromatic carbocycles. The number of hydrogen-bond acceptors (Lipinski definition) is 8. The van der Waals surface area contributed by atoms with Crippen molar-refractivity contribution < 1.29 is 39.6 Å². The lowest BCUT2D eigenvalue weighted by atomic mass is 9.83. The third kappa shape index (κ3) is 17.7. The smallest absolute Gasteiger partial charge is 0.227 e. The molecule has 61 heavy (non-hydrogen) atoms. The lowest BCUT2D eigenvalue weighted by Crippen LogP contribution is -2.28. The van der Waals surface area contributed by atoms with Crippen LogP contribution in [0.1, 0.15) is 166 Å². The maximum absolute atomic E-state index is 13.2. The summed E-state index contributed by atoms with van der Waals surface area (Å²) in [6.45, 7) is 20.7. The van der Waals surface area contributed by atoms with Crippen molar-refractivity contribution in [2.24, 2.45) is 0 Å².